The van der Waals surface area contributed by atoms with Gasteiger partial charge in [0, 0.05) is 50.0 Å². The average Bonchev–Trinajstić information content (AvgIpc) is 3.42. The van der Waals surface area contributed by atoms with E-state index in [0.717, 1.165) is 15.8 Å². The van der Waals surface area contributed by atoms with Gasteiger partial charge in [-0.1, -0.05) is 6.07 Å². The van der Waals surface area contributed by atoms with Gasteiger partial charge in [-0.05, 0) is 12.1 Å². The summed E-state index contributed by atoms with van der Waals surface area (Å²) in [6, 6.07) is 5.54. The maximum absolute atomic E-state index is 13.4. The molecule has 3 aromatic heterocycles. The highest BCUT2D eigenvalue weighted by Crippen LogP contribution is 2.38. The monoisotopic (exact) mass is 441 g/mol. The topological polar surface area (TPSA) is 89.8 Å². The highest BCUT2D eigenvalue weighted by atomic mass is 32.1. The Kier molecular flexibility index (Phi) is 5.43. The number of morpholine rings is 2. The first-order valence-electron chi connectivity index (χ1n) is 10.3. The Morgan fingerprint density at radius 3 is 2.65 bits per heavy atom. The number of aryl methyl sites for hydroxylation is 1. The third kappa shape index (κ3) is 3.71. The number of carbonyl (C=O) groups excluding carboxylic acids is 2. The van der Waals surface area contributed by atoms with Gasteiger partial charge in [0.1, 0.15) is 21.5 Å². The SMILES string of the molecule is Cn1nccc1C(=O)N1CCOC(c2c(C(=O)N3CCOCC3)sc3ncccc23)C1. The number of hydrogen-bond acceptors (Lipinski definition) is 7. The first kappa shape index (κ1) is 20.1. The second-order valence-corrected chi connectivity index (χ2v) is 8.56. The smallest absolute Gasteiger partial charge is 0.272 e. The first-order chi connectivity index (χ1) is 15.1. The average molecular weight is 442 g/mol. The lowest BCUT2D eigenvalue weighted by Crippen LogP contribution is -2.44. The molecule has 10 heteroatoms. The van der Waals surface area contributed by atoms with Crippen molar-refractivity contribution >= 4 is 33.4 Å². The van der Waals surface area contributed by atoms with Crippen LogP contribution >= 0.6 is 11.3 Å². The molecule has 0 spiro atoms. The Morgan fingerprint density at radius 1 is 1.06 bits per heavy atom. The van der Waals surface area contributed by atoms with Gasteiger partial charge in [-0.2, -0.15) is 5.10 Å². The van der Waals surface area contributed by atoms with E-state index >= 15 is 0 Å². The van der Waals surface area contributed by atoms with Crippen LogP contribution in [0.15, 0.2) is 30.6 Å². The molecule has 1 unspecified atom stereocenters. The van der Waals surface area contributed by atoms with Gasteiger partial charge in [0.25, 0.3) is 11.8 Å². The van der Waals surface area contributed by atoms with E-state index < -0.39 is 6.10 Å². The number of ether oxygens (including phenoxy) is 2. The fourth-order valence-electron chi connectivity index (χ4n) is 4.09. The van der Waals surface area contributed by atoms with Crippen LogP contribution in [0.1, 0.15) is 31.8 Å². The van der Waals surface area contributed by atoms with Crippen molar-refractivity contribution in [2.75, 3.05) is 46.0 Å². The molecule has 2 saturated heterocycles. The summed E-state index contributed by atoms with van der Waals surface area (Å²) in [4.78, 5) is 35.9. The van der Waals surface area contributed by atoms with E-state index in [0.29, 0.717) is 56.6 Å². The van der Waals surface area contributed by atoms with Gasteiger partial charge in [0.2, 0.25) is 0 Å². The molecule has 9 nitrogen and oxygen atoms in total. The van der Waals surface area contributed by atoms with Crippen LogP contribution < -0.4 is 0 Å². The summed E-state index contributed by atoms with van der Waals surface area (Å²) in [5, 5.41) is 5.01. The van der Waals surface area contributed by atoms with E-state index in [9.17, 15) is 9.59 Å². The van der Waals surface area contributed by atoms with Gasteiger partial charge in [-0.15, -0.1) is 11.3 Å². The summed E-state index contributed by atoms with van der Waals surface area (Å²) < 4.78 is 13.1. The Hall–Kier alpha value is -2.82. The van der Waals surface area contributed by atoms with Crippen molar-refractivity contribution in [3.05, 3.63) is 46.7 Å². The molecular formula is C21H23N5O4S. The molecule has 2 aliphatic rings. The summed E-state index contributed by atoms with van der Waals surface area (Å²) in [6.07, 6.45) is 2.94. The van der Waals surface area contributed by atoms with Crippen LogP contribution in [0.2, 0.25) is 0 Å². The van der Waals surface area contributed by atoms with Crippen LogP contribution in [-0.4, -0.2) is 82.4 Å². The molecule has 0 radical (unpaired) electrons. The maximum atomic E-state index is 13.4. The Labute approximate surface area is 183 Å². The lowest BCUT2D eigenvalue weighted by Gasteiger charge is -2.34. The van der Waals surface area contributed by atoms with Crippen molar-refractivity contribution in [2.24, 2.45) is 7.05 Å². The summed E-state index contributed by atoms with van der Waals surface area (Å²) in [6.45, 7) is 3.47. The zero-order valence-electron chi connectivity index (χ0n) is 17.2. The molecule has 0 aromatic carbocycles. The molecule has 0 saturated carbocycles. The van der Waals surface area contributed by atoms with Crippen LogP contribution in [0.5, 0.6) is 0 Å². The molecule has 2 fully saturated rings. The molecule has 31 heavy (non-hydrogen) atoms. The minimum Gasteiger partial charge on any atom is -0.378 e. The molecule has 162 valence electrons. The van der Waals surface area contributed by atoms with E-state index in [2.05, 4.69) is 10.1 Å². The zero-order valence-corrected chi connectivity index (χ0v) is 18.0. The van der Waals surface area contributed by atoms with Crippen molar-refractivity contribution in [1.29, 1.82) is 0 Å². The Bertz CT molecular complexity index is 1120. The number of aromatic nitrogens is 3. The van der Waals surface area contributed by atoms with E-state index in [4.69, 9.17) is 9.47 Å². The normalized spacial score (nSPS) is 19.7. The molecule has 2 amide bonds. The van der Waals surface area contributed by atoms with Gasteiger partial charge < -0.3 is 19.3 Å². The van der Waals surface area contributed by atoms with Gasteiger partial charge in [-0.3, -0.25) is 14.3 Å². The summed E-state index contributed by atoms with van der Waals surface area (Å²) in [7, 11) is 1.75. The van der Waals surface area contributed by atoms with Crippen molar-refractivity contribution in [1.82, 2.24) is 24.6 Å². The van der Waals surface area contributed by atoms with Crippen molar-refractivity contribution in [2.45, 2.75) is 6.10 Å². The van der Waals surface area contributed by atoms with Crippen LogP contribution in [0, 0.1) is 0 Å². The lowest BCUT2D eigenvalue weighted by atomic mass is 10.0. The van der Waals surface area contributed by atoms with Crippen molar-refractivity contribution in [3.8, 4) is 0 Å². The molecule has 5 heterocycles. The van der Waals surface area contributed by atoms with E-state index in [1.54, 1.807) is 35.1 Å². The Morgan fingerprint density at radius 2 is 1.87 bits per heavy atom. The standard InChI is InChI=1S/C21H23N5O4S/c1-24-15(4-6-23-24)20(27)26-9-12-30-16(13-26)17-14-3-2-5-22-19(14)31-18(17)21(28)25-7-10-29-11-8-25/h2-6,16H,7-13H2,1H3. The van der Waals surface area contributed by atoms with Gasteiger partial charge in [0.05, 0.1) is 26.4 Å². The second-order valence-electron chi connectivity index (χ2n) is 7.56. The summed E-state index contributed by atoms with van der Waals surface area (Å²) in [5.41, 5.74) is 1.36. The van der Waals surface area contributed by atoms with E-state index in [1.807, 2.05) is 17.0 Å². The molecular weight excluding hydrogens is 418 g/mol. The number of amides is 2. The molecule has 0 aliphatic carbocycles. The fraction of sp³-hybridized carbons (Fsp3) is 0.429. The maximum Gasteiger partial charge on any atom is 0.272 e. The molecule has 0 bridgehead atoms. The number of hydrogen-bond donors (Lipinski definition) is 0. The van der Waals surface area contributed by atoms with Crippen molar-refractivity contribution in [3.63, 3.8) is 0 Å². The van der Waals surface area contributed by atoms with Crippen LogP contribution in [0.3, 0.4) is 0 Å². The molecule has 5 rings (SSSR count). The predicted octanol–water partition coefficient (Wildman–Crippen LogP) is 1.72. The number of carbonyl (C=O) groups is 2. The molecule has 3 aromatic rings. The largest absolute Gasteiger partial charge is 0.378 e. The quantitative estimate of drug-likeness (QED) is 0.615. The van der Waals surface area contributed by atoms with Crippen LogP contribution in [0.25, 0.3) is 10.2 Å². The number of rotatable bonds is 3. The first-order valence-corrected chi connectivity index (χ1v) is 11.1. The lowest BCUT2D eigenvalue weighted by molar-refractivity contribution is -0.0228. The Balaban J connectivity index is 1.49. The number of fused-ring (bicyclic) bond motifs is 1. The predicted molar refractivity (Wildman–Crippen MR) is 114 cm³/mol. The minimum atomic E-state index is -0.399. The van der Waals surface area contributed by atoms with Gasteiger partial charge in [0.15, 0.2) is 0 Å². The number of thiophene rings is 1. The summed E-state index contributed by atoms with van der Waals surface area (Å²) in [5.74, 6) is -0.119. The third-order valence-electron chi connectivity index (χ3n) is 5.71. The fourth-order valence-corrected chi connectivity index (χ4v) is 5.26. The van der Waals surface area contributed by atoms with Gasteiger partial charge >= 0.3 is 0 Å². The second kappa shape index (κ2) is 8.37. The number of pyridine rings is 1. The highest BCUT2D eigenvalue weighted by Gasteiger charge is 2.34. The number of nitrogens with zero attached hydrogens (tertiary/aromatic N) is 5. The zero-order chi connectivity index (χ0) is 21.4. The van der Waals surface area contributed by atoms with Crippen LogP contribution in [0.4, 0.5) is 0 Å². The van der Waals surface area contributed by atoms with Crippen LogP contribution in [-0.2, 0) is 16.5 Å². The third-order valence-corrected chi connectivity index (χ3v) is 6.83. The summed E-state index contributed by atoms with van der Waals surface area (Å²) >= 11 is 1.39. The van der Waals surface area contributed by atoms with Crippen molar-refractivity contribution < 1.29 is 19.1 Å². The highest BCUT2D eigenvalue weighted by molar-refractivity contribution is 7.20. The minimum absolute atomic E-state index is 0.0278. The molecule has 0 N–H and O–H groups in total. The van der Waals surface area contributed by atoms with E-state index in [1.165, 1.54) is 11.3 Å². The molecule has 2 aliphatic heterocycles. The van der Waals surface area contributed by atoms with E-state index in [-0.39, 0.29) is 11.8 Å². The van der Waals surface area contributed by atoms with Gasteiger partial charge in [-0.25, -0.2) is 4.98 Å². The molecule has 1 atom stereocenters.